The lowest BCUT2D eigenvalue weighted by Gasteiger charge is -2.15. The van der Waals surface area contributed by atoms with Crippen LogP contribution in [0, 0.1) is 13.8 Å². The molecule has 2 rings (SSSR count). The third kappa shape index (κ3) is 2.26. The van der Waals surface area contributed by atoms with Gasteiger partial charge in [-0.25, -0.2) is 0 Å². The number of nitrogens with zero attached hydrogens (tertiary/aromatic N) is 2. The summed E-state index contributed by atoms with van der Waals surface area (Å²) < 4.78 is 7.33. The molecule has 4 heteroatoms. The van der Waals surface area contributed by atoms with Crippen LogP contribution in [0.15, 0.2) is 22.8 Å². The van der Waals surface area contributed by atoms with Gasteiger partial charge in [0, 0.05) is 30.8 Å². The van der Waals surface area contributed by atoms with Crippen molar-refractivity contribution in [3.8, 4) is 0 Å². The zero-order chi connectivity index (χ0) is 12.4. The smallest absolute Gasteiger partial charge is 0.105 e. The van der Waals surface area contributed by atoms with Crippen molar-refractivity contribution >= 4 is 0 Å². The average Bonchev–Trinajstić information content (AvgIpc) is 2.87. The van der Waals surface area contributed by atoms with Crippen LogP contribution in [-0.2, 0) is 13.5 Å². The molecule has 0 aliphatic rings. The molecule has 0 saturated carbocycles. The van der Waals surface area contributed by atoms with Crippen LogP contribution in [0.1, 0.15) is 28.8 Å². The lowest BCUT2D eigenvalue weighted by molar-refractivity contribution is 0.464. The van der Waals surface area contributed by atoms with E-state index >= 15 is 0 Å². The van der Waals surface area contributed by atoms with Gasteiger partial charge in [-0.05, 0) is 33.0 Å². The molecule has 1 atom stereocenters. The third-order valence-electron chi connectivity index (χ3n) is 3.25. The number of rotatable bonds is 4. The Morgan fingerprint density at radius 2 is 2.24 bits per heavy atom. The van der Waals surface area contributed by atoms with Gasteiger partial charge in [0.1, 0.15) is 5.76 Å². The van der Waals surface area contributed by atoms with E-state index in [1.54, 1.807) is 6.26 Å². The highest BCUT2D eigenvalue weighted by atomic mass is 16.3. The van der Waals surface area contributed by atoms with E-state index in [1.165, 1.54) is 11.3 Å². The molecule has 2 heterocycles. The Morgan fingerprint density at radius 3 is 2.71 bits per heavy atom. The van der Waals surface area contributed by atoms with Crippen LogP contribution in [-0.4, -0.2) is 16.8 Å². The highest BCUT2D eigenvalue weighted by molar-refractivity contribution is 5.29. The summed E-state index contributed by atoms with van der Waals surface area (Å²) in [5, 5.41) is 7.79. The van der Waals surface area contributed by atoms with Gasteiger partial charge < -0.3 is 9.73 Å². The van der Waals surface area contributed by atoms with Gasteiger partial charge in [0.2, 0.25) is 0 Å². The Kier molecular flexibility index (Phi) is 3.33. The van der Waals surface area contributed by atoms with Crippen LogP contribution < -0.4 is 5.32 Å². The van der Waals surface area contributed by atoms with Crippen molar-refractivity contribution in [2.45, 2.75) is 26.3 Å². The van der Waals surface area contributed by atoms with E-state index in [4.69, 9.17) is 4.42 Å². The summed E-state index contributed by atoms with van der Waals surface area (Å²) in [6.07, 6.45) is 2.56. The van der Waals surface area contributed by atoms with E-state index in [2.05, 4.69) is 24.3 Å². The number of aromatic nitrogens is 2. The van der Waals surface area contributed by atoms with E-state index < -0.39 is 0 Å². The Balaban J connectivity index is 2.29. The monoisotopic (exact) mass is 233 g/mol. The summed E-state index contributed by atoms with van der Waals surface area (Å²) in [5.41, 5.74) is 3.55. The molecule has 1 unspecified atom stereocenters. The van der Waals surface area contributed by atoms with Crippen LogP contribution in [0.5, 0.6) is 0 Å². The summed E-state index contributed by atoms with van der Waals surface area (Å²) in [4.78, 5) is 0. The highest BCUT2D eigenvalue weighted by Crippen LogP contribution is 2.24. The second kappa shape index (κ2) is 4.75. The molecule has 92 valence electrons. The molecule has 2 aromatic rings. The van der Waals surface area contributed by atoms with Gasteiger partial charge in [0.25, 0.3) is 0 Å². The van der Waals surface area contributed by atoms with E-state index in [0.717, 1.165) is 17.9 Å². The lowest BCUT2D eigenvalue weighted by atomic mass is 10.0. The van der Waals surface area contributed by atoms with Crippen LogP contribution >= 0.6 is 0 Å². The maximum Gasteiger partial charge on any atom is 0.105 e. The van der Waals surface area contributed by atoms with Gasteiger partial charge in [-0.1, -0.05) is 0 Å². The van der Waals surface area contributed by atoms with Crippen LogP contribution in [0.3, 0.4) is 0 Å². The Bertz CT molecular complexity index is 485. The van der Waals surface area contributed by atoms with Crippen molar-refractivity contribution in [2.24, 2.45) is 7.05 Å². The molecule has 0 spiro atoms. The molecule has 0 aromatic carbocycles. The van der Waals surface area contributed by atoms with E-state index in [0.29, 0.717) is 0 Å². The van der Waals surface area contributed by atoms with Crippen molar-refractivity contribution in [1.29, 1.82) is 0 Å². The van der Waals surface area contributed by atoms with Crippen molar-refractivity contribution < 1.29 is 4.42 Å². The molecule has 0 bridgehead atoms. The fourth-order valence-electron chi connectivity index (χ4n) is 2.27. The largest absolute Gasteiger partial charge is 0.469 e. The first kappa shape index (κ1) is 11.9. The molecule has 2 aromatic heterocycles. The minimum absolute atomic E-state index is 0.245. The summed E-state index contributed by atoms with van der Waals surface area (Å²) in [6, 6.07) is 4.17. The first-order valence-electron chi connectivity index (χ1n) is 5.83. The Morgan fingerprint density at radius 1 is 1.47 bits per heavy atom. The normalized spacial score (nSPS) is 12.9. The lowest BCUT2D eigenvalue weighted by Crippen LogP contribution is -2.20. The molecule has 0 saturated heterocycles. The van der Waals surface area contributed by atoms with Gasteiger partial charge in [0.05, 0.1) is 12.0 Å². The van der Waals surface area contributed by atoms with Gasteiger partial charge in [0.15, 0.2) is 0 Å². The number of likely N-dealkylation sites (N-methyl/N-ethyl adjacent to an activating group) is 1. The van der Waals surface area contributed by atoms with Crippen molar-refractivity contribution in [2.75, 3.05) is 7.05 Å². The fourth-order valence-corrected chi connectivity index (χ4v) is 2.27. The average molecular weight is 233 g/mol. The number of hydrogen-bond donors (Lipinski definition) is 1. The maximum absolute atomic E-state index is 5.41. The minimum Gasteiger partial charge on any atom is -0.469 e. The summed E-state index contributed by atoms with van der Waals surface area (Å²) in [5.74, 6) is 0.993. The molecule has 0 fully saturated rings. The first-order chi connectivity index (χ1) is 8.13. The van der Waals surface area contributed by atoms with Gasteiger partial charge >= 0.3 is 0 Å². The third-order valence-corrected chi connectivity index (χ3v) is 3.25. The van der Waals surface area contributed by atoms with Crippen molar-refractivity contribution in [1.82, 2.24) is 15.1 Å². The van der Waals surface area contributed by atoms with Gasteiger partial charge in [-0.3, -0.25) is 4.68 Å². The second-order valence-corrected chi connectivity index (χ2v) is 4.33. The van der Waals surface area contributed by atoms with Crippen molar-refractivity contribution in [3.63, 3.8) is 0 Å². The predicted octanol–water partition coefficient (Wildman–Crippen LogP) is 2.13. The number of aryl methyl sites for hydroxylation is 2. The molecule has 17 heavy (non-hydrogen) atoms. The van der Waals surface area contributed by atoms with E-state index in [-0.39, 0.29) is 6.04 Å². The number of furan rings is 1. The topological polar surface area (TPSA) is 43.0 Å². The molecule has 0 aliphatic carbocycles. The molecular weight excluding hydrogens is 214 g/mol. The quantitative estimate of drug-likeness (QED) is 0.879. The van der Waals surface area contributed by atoms with Crippen molar-refractivity contribution in [3.05, 3.63) is 41.1 Å². The predicted molar refractivity (Wildman–Crippen MR) is 66.9 cm³/mol. The maximum atomic E-state index is 5.41. The minimum atomic E-state index is 0.245. The zero-order valence-corrected chi connectivity index (χ0v) is 10.8. The SMILES string of the molecule is CNC(Cc1ccco1)c1c(C)nn(C)c1C. The van der Waals surface area contributed by atoms with Crippen LogP contribution in [0.2, 0.25) is 0 Å². The van der Waals surface area contributed by atoms with Crippen LogP contribution in [0.4, 0.5) is 0 Å². The Hall–Kier alpha value is -1.55. The van der Waals surface area contributed by atoms with E-state index in [9.17, 15) is 0 Å². The standard InChI is InChI=1S/C13H19N3O/c1-9-13(10(2)16(4)15-9)12(14-3)8-11-6-5-7-17-11/h5-7,12,14H,8H2,1-4H3. The van der Waals surface area contributed by atoms with Gasteiger partial charge in [-0.15, -0.1) is 0 Å². The summed E-state index contributed by atoms with van der Waals surface area (Å²) >= 11 is 0. The van der Waals surface area contributed by atoms with Gasteiger partial charge in [-0.2, -0.15) is 5.10 Å². The van der Waals surface area contributed by atoms with Crippen LogP contribution in [0.25, 0.3) is 0 Å². The molecule has 4 nitrogen and oxygen atoms in total. The highest BCUT2D eigenvalue weighted by Gasteiger charge is 2.19. The number of nitrogens with one attached hydrogen (secondary N) is 1. The molecule has 1 N–H and O–H groups in total. The Labute approximate surface area is 102 Å². The first-order valence-corrected chi connectivity index (χ1v) is 5.83. The fraction of sp³-hybridized carbons (Fsp3) is 0.462. The summed E-state index contributed by atoms with van der Waals surface area (Å²) in [7, 11) is 3.95. The molecular formula is C13H19N3O. The molecule has 0 radical (unpaired) electrons. The second-order valence-electron chi connectivity index (χ2n) is 4.33. The van der Waals surface area contributed by atoms with E-state index in [1.807, 2.05) is 30.9 Å². The summed E-state index contributed by atoms with van der Waals surface area (Å²) in [6.45, 7) is 4.15. The molecule has 0 aliphatic heterocycles. The number of hydrogen-bond acceptors (Lipinski definition) is 3. The molecule has 0 amide bonds. The zero-order valence-electron chi connectivity index (χ0n) is 10.8.